The molecule has 0 atom stereocenters. The van der Waals surface area contributed by atoms with Gasteiger partial charge in [-0.1, -0.05) is 12.8 Å². The van der Waals surface area contributed by atoms with Gasteiger partial charge in [0.2, 0.25) is 0 Å². The maximum absolute atomic E-state index is 11.9. The van der Waals surface area contributed by atoms with E-state index < -0.39 is 67.8 Å². The molecule has 40 heavy (non-hydrogen) atoms. The van der Waals surface area contributed by atoms with E-state index in [1.807, 2.05) is 0 Å². The van der Waals surface area contributed by atoms with Crippen LogP contribution in [0.25, 0.3) is 0 Å². The largest absolute Gasteiger partial charge is 0.444 e. The van der Waals surface area contributed by atoms with Crippen LogP contribution in [0.2, 0.25) is 0 Å². The second-order valence-electron chi connectivity index (χ2n) is 8.00. The van der Waals surface area contributed by atoms with Crippen molar-refractivity contribution in [1.29, 1.82) is 0 Å². The smallest absolute Gasteiger partial charge is 0.407 e. The Hall–Kier alpha value is -5.42. The maximum Gasteiger partial charge on any atom is 0.407 e. The van der Waals surface area contributed by atoms with Crippen LogP contribution in [0.1, 0.15) is 36.8 Å². The Morgan fingerprint density at radius 1 is 0.575 bits per heavy atom. The zero-order valence-corrected chi connectivity index (χ0v) is 20.8. The number of rotatable bonds is 15. The lowest BCUT2D eigenvalue weighted by atomic mass is 10.1. The van der Waals surface area contributed by atoms with Crippen LogP contribution >= 0.6 is 0 Å². The summed E-state index contributed by atoms with van der Waals surface area (Å²) in [4.78, 5) is 64.9. The molecule has 18 heteroatoms. The maximum atomic E-state index is 11.9. The third-order valence-electron chi connectivity index (χ3n) is 5.38. The Kier molecular flexibility index (Phi) is 11.6. The van der Waals surface area contributed by atoms with E-state index in [4.69, 9.17) is 9.47 Å². The highest BCUT2D eigenvalue weighted by atomic mass is 16.6. The average molecular weight is 564 g/mol. The van der Waals surface area contributed by atoms with E-state index in [0.717, 1.165) is 36.4 Å². The standard InChI is InChI=1S/C22H24N6O12/c29-21(39-13-15-17(25(31)32)7-5-8-18(15)26(33)34)23-11-3-1-2-4-12-24-22(30)40-14-16-19(27(35)36)9-6-10-20(16)28(37)38/h5-10H,1-4,11-14H2,(H,23,29)(H,24,30). The van der Waals surface area contributed by atoms with Crippen molar-refractivity contribution in [3.63, 3.8) is 0 Å². The number of benzene rings is 2. The van der Waals surface area contributed by atoms with Crippen molar-refractivity contribution in [3.05, 3.63) is 88.0 Å². The molecule has 18 nitrogen and oxygen atoms in total. The van der Waals surface area contributed by atoms with Gasteiger partial charge >= 0.3 is 12.2 Å². The zero-order chi connectivity index (χ0) is 29.7. The number of alkyl carbamates (subject to hydrolysis) is 2. The highest BCUT2D eigenvalue weighted by Crippen LogP contribution is 2.29. The molecule has 2 N–H and O–H groups in total. The van der Waals surface area contributed by atoms with Crippen molar-refractivity contribution >= 4 is 34.9 Å². The number of unbranched alkanes of at least 4 members (excludes halogenated alkanes) is 3. The average Bonchev–Trinajstić information content (AvgIpc) is 2.91. The molecule has 0 bridgehead atoms. The van der Waals surface area contributed by atoms with Gasteiger partial charge in [-0.15, -0.1) is 0 Å². The highest BCUT2D eigenvalue weighted by molar-refractivity contribution is 5.68. The molecule has 0 spiro atoms. The van der Waals surface area contributed by atoms with Crippen LogP contribution in [0.3, 0.4) is 0 Å². The van der Waals surface area contributed by atoms with E-state index in [1.54, 1.807) is 0 Å². The summed E-state index contributed by atoms with van der Waals surface area (Å²) in [5, 5.41) is 49.3. The molecule has 0 radical (unpaired) electrons. The minimum Gasteiger partial charge on any atom is -0.444 e. The topological polar surface area (TPSA) is 249 Å². The van der Waals surface area contributed by atoms with Gasteiger partial charge in [-0.2, -0.15) is 0 Å². The summed E-state index contributed by atoms with van der Waals surface area (Å²) >= 11 is 0. The van der Waals surface area contributed by atoms with Crippen molar-refractivity contribution in [2.75, 3.05) is 13.1 Å². The van der Waals surface area contributed by atoms with Gasteiger partial charge in [-0.25, -0.2) is 9.59 Å². The van der Waals surface area contributed by atoms with Crippen LogP contribution in [0.5, 0.6) is 0 Å². The first-order chi connectivity index (χ1) is 19.0. The fourth-order valence-electron chi connectivity index (χ4n) is 3.47. The number of ether oxygens (including phenoxy) is 2. The van der Waals surface area contributed by atoms with Crippen molar-refractivity contribution in [1.82, 2.24) is 10.6 Å². The molecule has 0 saturated carbocycles. The molecule has 2 amide bonds. The predicted molar refractivity (Wildman–Crippen MR) is 134 cm³/mol. The molecule has 0 aromatic heterocycles. The van der Waals surface area contributed by atoms with Gasteiger partial charge in [0, 0.05) is 37.4 Å². The van der Waals surface area contributed by atoms with Crippen molar-refractivity contribution in [3.8, 4) is 0 Å². The number of hydrogen-bond acceptors (Lipinski definition) is 12. The number of hydrogen-bond donors (Lipinski definition) is 2. The van der Waals surface area contributed by atoms with E-state index in [1.165, 1.54) is 0 Å². The molecule has 0 unspecified atom stereocenters. The lowest BCUT2D eigenvalue weighted by Crippen LogP contribution is -2.26. The van der Waals surface area contributed by atoms with Gasteiger partial charge in [0.15, 0.2) is 0 Å². The summed E-state index contributed by atoms with van der Waals surface area (Å²) in [7, 11) is 0. The SMILES string of the molecule is O=C(NCCCCCCNC(=O)OCc1c([N+](=O)[O-])cccc1[N+](=O)[O-])OCc1c([N+](=O)[O-])cccc1[N+](=O)[O-]. The summed E-state index contributed by atoms with van der Waals surface area (Å²) in [6.07, 6.45) is 0.495. The lowest BCUT2D eigenvalue weighted by Gasteiger charge is -2.09. The number of nitro benzene ring substituents is 4. The van der Waals surface area contributed by atoms with E-state index in [2.05, 4.69) is 10.6 Å². The quantitative estimate of drug-likeness (QED) is 0.177. The normalized spacial score (nSPS) is 10.3. The molecule has 0 aliphatic heterocycles. The summed E-state index contributed by atoms with van der Waals surface area (Å²) in [6.45, 7) is -0.929. The molecule has 2 aromatic rings. The van der Waals surface area contributed by atoms with E-state index in [9.17, 15) is 50.0 Å². The van der Waals surface area contributed by atoms with E-state index in [0.29, 0.717) is 25.7 Å². The van der Waals surface area contributed by atoms with Crippen molar-refractivity contribution in [2.45, 2.75) is 38.9 Å². The molecule has 0 fully saturated rings. The number of amides is 2. The summed E-state index contributed by atoms with van der Waals surface area (Å²) in [6, 6.07) is 6.59. The summed E-state index contributed by atoms with van der Waals surface area (Å²) in [5.41, 5.74) is -2.83. The Labute approximate surface area is 224 Å². The monoisotopic (exact) mass is 564 g/mol. The molecule has 0 aliphatic rings. The van der Waals surface area contributed by atoms with Crippen molar-refractivity contribution in [2.24, 2.45) is 0 Å². The Morgan fingerprint density at radius 3 is 1.15 bits per heavy atom. The fraction of sp³-hybridized carbons (Fsp3) is 0.364. The first-order valence-corrected chi connectivity index (χ1v) is 11.7. The molecular formula is C22H24N6O12. The van der Waals surface area contributed by atoms with Crippen LogP contribution in [-0.2, 0) is 22.7 Å². The molecule has 2 aromatic carbocycles. The molecule has 0 aliphatic carbocycles. The minimum atomic E-state index is -0.907. The van der Waals surface area contributed by atoms with Crippen molar-refractivity contribution < 1.29 is 38.8 Å². The number of nitrogens with zero attached hydrogens (tertiary/aromatic N) is 4. The van der Waals surface area contributed by atoms with Gasteiger partial charge in [-0.05, 0) is 25.0 Å². The molecule has 0 saturated heterocycles. The van der Waals surface area contributed by atoms with E-state index in [-0.39, 0.29) is 24.2 Å². The highest BCUT2D eigenvalue weighted by Gasteiger charge is 2.26. The second kappa shape index (κ2) is 15.1. The van der Waals surface area contributed by atoms with Crippen LogP contribution in [0.4, 0.5) is 32.3 Å². The van der Waals surface area contributed by atoms with Gasteiger partial charge in [-0.3, -0.25) is 40.5 Å². The van der Waals surface area contributed by atoms with Gasteiger partial charge in [0.1, 0.15) is 24.3 Å². The minimum absolute atomic E-state index is 0.196. The number of nitro groups is 4. The molecule has 2 rings (SSSR count). The zero-order valence-electron chi connectivity index (χ0n) is 20.8. The number of carbonyl (C=O) groups excluding carboxylic acids is 2. The third-order valence-corrected chi connectivity index (χ3v) is 5.38. The van der Waals surface area contributed by atoms with Crippen LogP contribution < -0.4 is 10.6 Å². The third kappa shape index (κ3) is 9.15. The second-order valence-corrected chi connectivity index (χ2v) is 8.00. The summed E-state index contributed by atoms with van der Waals surface area (Å²) < 4.78 is 9.76. The van der Waals surface area contributed by atoms with Gasteiger partial charge in [0.25, 0.3) is 22.7 Å². The molecular weight excluding hydrogens is 540 g/mol. The molecule has 214 valence electrons. The Morgan fingerprint density at radius 2 is 0.875 bits per heavy atom. The van der Waals surface area contributed by atoms with Crippen LogP contribution in [0.15, 0.2) is 36.4 Å². The summed E-state index contributed by atoms with van der Waals surface area (Å²) in [5.74, 6) is 0. The first-order valence-electron chi connectivity index (χ1n) is 11.7. The van der Waals surface area contributed by atoms with Crippen LogP contribution in [-0.4, -0.2) is 45.0 Å². The molecule has 0 heterocycles. The van der Waals surface area contributed by atoms with Gasteiger partial charge in [0.05, 0.1) is 19.7 Å². The number of nitrogens with one attached hydrogen (secondary N) is 2. The van der Waals surface area contributed by atoms with Gasteiger partial charge < -0.3 is 20.1 Å². The predicted octanol–water partition coefficient (Wildman–Crippen LogP) is 4.03. The Bertz CT molecular complexity index is 1120. The van der Waals surface area contributed by atoms with E-state index >= 15 is 0 Å². The lowest BCUT2D eigenvalue weighted by molar-refractivity contribution is -0.396. The number of carbonyl (C=O) groups is 2. The fourth-order valence-corrected chi connectivity index (χ4v) is 3.47. The first kappa shape index (κ1) is 30.8. The van der Waals surface area contributed by atoms with Crippen LogP contribution in [0, 0.1) is 40.5 Å². The Balaban J connectivity index is 1.64.